The van der Waals surface area contributed by atoms with Gasteiger partial charge in [0.25, 0.3) is 0 Å². The predicted molar refractivity (Wildman–Crippen MR) is 301 cm³/mol. The van der Waals surface area contributed by atoms with Crippen LogP contribution in [0.5, 0.6) is 0 Å². The van der Waals surface area contributed by atoms with E-state index in [2.05, 4.69) is 287 Å². The second kappa shape index (κ2) is 16.7. The standard InChI is InChI=1S/C68H45N3/c1-5-22-52(23-6-1)69(53-24-7-2-8-25-53)56-30-19-21-47(43-56)49-40-50(48-37-38-59-61-39-36-46-20-13-14-31-57(46)68(61)71(65(59)44-48)55-28-11-4-12-29-55)42-51(41-49)63-45-66-67(60-33-16-15-32-58(60)63)62-34-17-18-35-64(62)70(66)54-26-9-3-10-27-54/h1-45H. The average Bonchev–Trinajstić information content (AvgIpc) is 3.97. The van der Waals surface area contributed by atoms with E-state index in [1.165, 1.54) is 70.7 Å². The fourth-order valence-electron chi connectivity index (χ4n) is 11.3. The molecule has 0 amide bonds. The molecular weight excluding hydrogens is 859 g/mol. The maximum Gasteiger partial charge on any atom is 0.0619 e. The Balaban J connectivity index is 1.05. The molecule has 0 atom stereocenters. The third-order valence-corrected chi connectivity index (χ3v) is 14.4. The summed E-state index contributed by atoms with van der Waals surface area (Å²) >= 11 is 0. The van der Waals surface area contributed by atoms with Crippen LogP contribution in [0.3, 0.4) is 0 Å². The molecule has 0 fully saturated rings. The highest BCUT2D eigenvalue weighted by atomic mass is 15.1. The number of anilines is 3. The Hall–Kier alpha value is -9.44. The first kappa shape index (κ1) is 40.6. The van der Waals surface area contributed by atoms with Crippen molar-refractivity contribution in [2.24, 2.45) is 0 Å². The van der Waals surface area contributed by atoms with Gasteiger partial charge < -0.3 is 14.0 Å². The van der Waals surface area contributed by atoms with Crippen molar-refractivity contribution < 1.29 is 0 Å². The lowest BCUT2D eigenvalue weighted by Crippen LogP contribution is -2.09. The Morgan fingerprint density at radius 3 is 1.49 bits per heavy atom. The molecule has 14 aromatic rings. The van der Waals surface area contributed by atoms with Crippen molar-refractivity contribution in [1.29, 1.82) is 0 Å². The molecule has 71 heavy (non-hydrogen) atoms. The summed E-state index contributed by atoms with van der Waals surface area (Å²) in [5, 5.41) is 9.92. The van der Waals surface area contributed by atoms with E-state index < -0.39 is 0 Å². The monoisotopic (exact) mass is 903 g/mol. The number of benzene rings is 12. The van der Waals surface area contributed by atoms with Crippen LogP contribution in [0.1, 0.15) is 0 Å². The van der Waals surface area contributed by atoms with E-state index in [4.69, 9.17) is 0 Å². The molecule has 0 aliphatic rings. The third kappa shape index (κ3) is 6.74. The second-order valence-corrected chi connectivity index (χ2v) is 18.5. The van der Waals surface area contributed by atoms with Crippen molar-refractivity contribution in [3.63, 3.8) is 0 Å². The zero-order chi connectivity index (χ0) is 46.8. The number of hydrogen-bond donors (Lipinski definition) is 0. The summed E-state index contributed by atoms with van der Waals surface area (Å²) < 4.78 is 4.91. The van der Waals surface area contributed by atoms with Gasteiger partial charge in [0.2, 0.25) is 0 Å². The number of fused-ring (bicyclic) bond motifs is 10. The summed E-state index contributed by atoms with van der Waals surface area (Å²) in [6.45, 7) is 0. The van der Waals surface area contributed by atoms with E-state index in [0.29, 0.717) is 0 Å². The number of rotatable bonds is 8. The highest BCUT2D eigenvalue weighted by Crippen LogP contribution is 2.45. The van der Waals surface area contributed by atoms with Crippen LogP contribution in [0.25, 0.3) is 110 Å². The van der Waals surface area contributed by atoms with Gasteiger partial charge in [-0.05, 0) is 147 Å². The lowest BCUT2D eigenvalue weighted by molar-refractivity contribution is 1.18. The molecule has 3 heteroatoms. The van der Waals surface area contributed by atoms with Gasteiger partial charge in [-0.3, -0.25) is 0 Å². The maximum absolute atomic E-state index is 2.47. The van der Waals surface area contributed by atoms with Crippen molar-refractivity contribution in [3.8, 4) is 44.8 Å². The zero-order valence-electron chi connectivity index (χ0n) is 38.8. The van der Waals surface area contributed by atoms with Gasteiger partial charge in [0.15, 0.2) is 0 Å². The number of hydrogen-bond acceptors (Lipinski definition) is 1. The molecular formula is C68H45N3. The van der Waals surface area contributed by atoms with Gasteiger partial charge in [0, 0.05) is 55.4 Å². The van der Waals surface area contributed by atoms with Crippen LogP contribution >= 0.6 is 0 Å². The van der Waals surface area contributed by atoms with E-state index >= 15 is 0 Å². The summed E-state index contributed by atoms with van der Waals surface area (Å²) in [6.07, 6.45) is 0. The van der Waals surface area contributed by atoms with Crippen molar-refractivity contribution in [2.45, 2.75) is 0 Å². The minimum atomic E-state index is 1.09. The maximum atomic E-state index is 2.47. The van der Waals surface area contributed by atoms with Gasteiger partial charge in [-0.15, -0.1) is 0 Å². The molecule has 3 nitrogen and oxygen atoms in total. The highest BCUT2D eigenvalue weighted by Gasteiger charge is 2.21. The summed E-state index contributed by atoms with van der Waals surface area (Å²) in [4.78, 5) is 2.35. The lowest BCUT2D eigenvalue weighted by Gasteiger charge is -2.26. The molecule has 0 radical (unpaired) electrons. The summed E-state index contributed by atoms with van der Waals surface area (Å²) in [5.74, 6) is 0. The van der Waals surface area contributed by atoms with Crippen LogP contribution < -0.4 is 4.90 Å². The van der Waals surface area contributed by atoms with Crippen molar-refractivity contribution in [2.75, 3.05) is 4.90 Å². The van der Waals surface area contributed by atoms with Crippen molar-refractivity contribution in [3.05, 3.63) is 273 Å². The molecule has 2 aromatic heterocycles. The minimum Gasteiger partial charge on any atom is -0.310 e. The number of aromatic nitrogens is 2. The largest absolute Gasteiger partial charge is 0.310 e. The van der Waals surface area contributed by atoms with Crippen LogP contribution in [0.2, 0.25) is 0 Å². The van der Waals surface area contributed by atoms with Crippen LogP contribution in [0.4, 0.5) is 17.1 Å². The van der Waals surface area contributed by atoms with E-state index in [1.54, 1.807) is 0 Å². The number of para-hydroxylation sites is 5. The third-order valence-electron chi connectivity index (χ3n) is 14.4. The van der Waals surface area contributed by atoms with Crippen molar-refractivity contribution >= 4 is 82.2 Å². The normalized spacial score (nSPS) is 11.7. The Kier molecular flexibility index (Phi) is 9.53. The van der Waals surface area contributed by atoms with Crippen molar-refractivity contribution in [1.82, 2.24) is 9.13 Å². The quantitative estimate of drug-likeness (QED) is 0.148. The molecule has 0 unspecified atom stereocenters. The first-order valence-corrected chi connectivity index (χ1v) is 24.4. The first-order chi connectivity index (χ1) is 35.2. The second-order valence-electron chi connectivity index (χ2n) is 18.5. The molecule has 0 aliphatic heterocycles. The van der Waals surface area contributed by atoms with Gasteiger partial charge in [-0.2, -0.15) is 0 Å². The fourth-order valence-corrected chi connectivity index (χ4v) is 11.3. The van der Waals surface area contributed by atoms with Gasteiger partial charge in [0.1, 0.15) is 0 Å². The van der Waals surface area contributed by atoms with E-state index in [0.717, 1.165) is 56.3 Å². The van der Waals surface area contributed by atoms with E-state index in [1.807, 2.05) is 0 Å². The summed E-state index contributed by atoms with van der Waals surface area (Å²) in [7, 11) is 0. The van der Waals surface area contributed by atoms with Crippen LogP contribution in [0, 0.1) is 0 Å². The smallest absolute Gasteiger partial charge is 0.0619 e. The minimum absolute atomic E-state index is 1.09. The Bertz CT molecular complexity index is 4280. The van der Waals surface area contributed by atoms with Crippen LogP contribution in [0.15, 0.2) is 273 Å². The molecule has 0 bridgehead atoms. The molecule has 0 aliphatic carbocycles. The molecule has 0 saturated heterocycles. The highest BCUT2D eigenvalue weighted by molar-refractivity contribution is 6.24. The van der Waals surface area contributed by atoms with Gasteiger partial charge in [0.05, 0.1) is 22.1 Å². The van der Waals surface area contributed by atoms with E-state index in [-0.39, 0.29) is 0 Å². The van der Waals surface area contributed by atoms with Crippen LogP contribution in [-0.4, -0.2) is 9.13 Å². The molecule has 2 heterocycles. The molecule has 12 aromatic carbocycles. The Morgan fingerprint density at radius 1 is 0.254 bits per heavy atom. The lowest BCUT2D eigenvalue weighted by atomic mass is 9.89. The molecule has 0 saturated carbocycles. The Morgan fingerprint density at radius 2 is 0.789 bits per heavy atom. The zero-order valence-corrected chi connectivity index (χ0v) is 38.8. The molecule has 0 N–H and O–H groups in total. The predicted octanol–water partition coefficient (Wildman–Crippen LogP) is 18.7. The first-order valence-electron chi connectivity index (χ1n) is 24.4. The SMILES string of the molecule is c1ccc(N(c2ccccc2)c2cccc(-c3cc(-c4ccc5c6ccc7ccccc7c6n(-c6ccccc6)c5c4)cc(-c4cc5c(c6ccccc46)c4ccccc4n5-c4ccccc4)c3)c2)cc1. The topological polar surface area (TPSA) is 13.1 Å². The van der Waals surface area contributed by atoms with Gasteiger partial charge in [-0.1, -0.05) is 176 Å². The summed E-state index contributed by atoms with van der Waals surface area (Å²) in [6, 6.07) is 99.9. The fraction of sp³-hybridized carbons (Fsp3) is 0. The van der Waals surface area contributed by atoms with E-state index in [9.17, 15) is 0 Å². The Labute approximate surface area is 412 Å². The van der Waals surface area contributed by atoms with Crippen LogP contribution in [-0.2, 0) is 0 Å². The van der Waals surface area contributed by atoms with Gasteiger partial charge >= 0.3 is 0 Å². The average molecular weight is 904 g/mol. The molecule has 0 spiro atoms. The van der Waals surface area contributed by atoms with Gasteiger partial charge in [-0.25, -0.2) is 0 Å². The number of nitrogens with zero attached hydrogens (tertiary/aromatic N) is 3. The molecule has 332 valence electrons. The summed E-state index contributed by atoms with van der Waals surface area (Å²) in [5.41, 5.74) is 17.3. The molecule has 14 rings (SSSR count).